The van der Waals surface area contributed by atoms with E-state index in [2.05, 4.69) is 5.32 Å². The minimum absolute atomic E-state index is 0.132. The van der Waals surface area contributed by atoms with E-state index in [1.807, 2.05) is 78.9 Å². The molecule has 0 aliphatic rings. The molecule has 6 nitrogen and oxygen atoms in total. The second kappa shape index (κ2) is 10.7. The molecule has 1 atom stereocenters. The summed E-state index contributed by atoms with van der Waals surface area (Å²) >= 11 is 0. The summed E-state index contributed by atoms with van der Waals surface area (Å²) in [4.78, 5) is 23.7. The lowest BCUT2D eigenvalue weighted by molar-refractivity contribution is -0.139. The van der Waals surface area contributed by atoms with Crippen LogP contribution in [0.3, 0.4) is 0 Å². The third kappa shape index (κ3) is 7.68. The van der Waals surface area contributed by atoms with E-state index in [1.54, 1.807) is 20.8 Å². The molecule has 3 aromatic rings. The first-order valence-corrected chi connectivity index (χ1v) is 10.8. The van der Waals surface area contributed by atoms with Gasteiger partial charge in [0.05, 0.1) is 0 Å². The highest BCUT2D eigenvalue weighted by molar-refractivity contribution is 5.80. The molecule has 0 fully saturated rings. The van der Waals surface area contributed by atoms with E-state index in [-0.39, 0.29) is 6.42 Å². The zero-order valence-corrected chi connectivity index (χ0v) is 19.1. The molecule has 0 bridgehead atoms. The van der Waals surface area contributed by atoms with Crippen LogP contribution in [0.25, 0.3) is 11.1 Å². The van der Waals surface area contributed by atoms with Crippen molar-refractivity contribution in [2.75, 3.05) is 0 Å². The maximum Gasteiger partial charge on any atom is 0.408 e. The molecule has 0 aliphatic carbocycles. The fraction of sp³-hybridized carbons (Fsp3) is 0.259. The number of alkyl carbamates (subject to hydrolysis) is 1. The number of nitrogens with one attached hydrogen (secondary N) is 1. The summed E-state index contributed by atoms with van der Waals surface area (Å²) in [5, 5.41) is 12.0. The molecule has 0 heterocycles. The summed E-state index contributed by atoms with van der Waals surface area (Å²) in [5.41, 5.74) is 3.04. The van der Waals surface area contributed by atoms with Crippen LogP contribution in [0, 0.1) is 0 Å². The minimum Gasteiger partial charge on any atom is -0.489 e. The van der Waals surface area contributed by atoms with Gasteiger partial charge in [-0.2, -0.15) is 0 Å². The van der Waals surface area contributed by atoms with Gasteiger partial charge in [-0.3, -0.25) is 0 Å². The van der Waals surface area contributed by atoms with Gasteiger partial charge in [-0.25, -0.2) is 9.59 Å². The summed E-state index contributed by atoms with van der Waals surface area (Å²) in [5.74, 6) is -0.376. The molecule has 0 aliphatic heterocycles. The molecule has 0 saturated heterocycles. The zero-order chi connectivity index (χ0) is 23.8. The number of carboxylic acid groups (broad SMARTS) is 1. The van der Waals surface area contributed by atoms with Gasteiger partial charge >= 0.3 is 12.1 Å². The lowest BCUT2D eigenvalue weighted by Gasteiger charge is -2.22. The molecule has 33 heavy (non-hydrogen) atoms. The quantitative estimate of drug-likeness (QED) is 0.479. The van der Waals surface area contributed by atoms with E-state index < -0.39 is 23.7 Å². The normalized spacial score (nSPS) is 12.0. The number of carboxylic acids is 1. The van der Waals surface area contributed by atoms with Crippen LogP contribution in [-0.4, -0.2) is 28.8 Å². The van der Waals surface area contributed by atoms with Gasteiger partial charge in [0.1, 0.15) is 24.0 Å². The highest BCUT2D eigenvalue weighted by Crippen LogP contribution is 2.25. The lowest BCUT2D eigenvalue weighted by Crippen LogP contribution is -2.44. The summed E-state index contributed by atoms with van der Waals surface area (Å²) in [7, 11) is 0. The molecule has 0 aromatic heterocycles. The maximum atomic E-state index is 12.0. The Kier molecular flexibility index (Phi) is 7.72. The fourth-order valence-corrected chi connectivity index (χ4v) is 3.27. The fourth-order valence-electron chi connectivity index (χ4n) is 3.27. The number of aliphatic carboxylic acids is 1. The molecule has 2 N–H and O–H groups in total. The van der Waals surface area contributed by atoms with Crippen molar-refractivity contribution in [3.63, 3.8) is 0 Å². The number of carbonyl (C=O) groups is 2. The van der Waals surface area contributed by atoms with Crippen molar-refractivity contribution >= 4 is 12.1 Å². The van der Waals surface area contributed by atoms with Crippen LogP contribution < -0.4 is 10.1 Å². The van der Waals surface area contributed by atoms with Crippen LogP contribution in [0.15, 0.2) is 78.9 Å². The Hall–Kier alpha value is -3.80. The van der Waals surface area contributed by atoms with Crippen molar-refractivity contribution < 1.29 is 24.2 Å². The third-order valence-electron chi connectivity index (χ3n) is 4.77. The average Bonchev–Trinajstić information content (AvgIpc) is 2.77. The Morgan fingerprint density at radius 3 is 2.18 bits per heavy atom. The maximum absolute atomic E-state index is 12.0. The van der Waals surface area contributed by atoms with Gasteiger partial charge in [0.15, 0.2) is 0 Å². The van der Waals surface area contributed by atoms with E-state index in [1.165, 1.54) is 0 Å². The standard InChI is InChI=1S/C27H29NO5/c1-27(2,3)33-26(31)28-24(25(29)30)16-20-11-7-12-21(15-20)22-13-8-14-23(17-22)32-18-19-9-5-4-6-10-19/h4-15,17,24H,16,18H2,1-3H3,(H,28,31)(H,29,30). The highest BCUT2D eigenvalue weighted by atomic mass is 16.6. The summed E-state index contributed by atoms with van der Waals surface area (Å²) in [6.45, 7) is 5.65. The molecular weight excluding hydrogens is 418 g/mol. The number of amides is 1. The highest BCUT2D eigenvalue weighted by Gasteiger charge is 2.24. The van der Waals surface area contributed by atoms with Crippen molar-refractivity contribution in [3.8, 4) is 16.9 Å². The predicted octanol–water partition coefficient (Wildman–Crippen LogP) is 5.45. The van der Waals surface area contributed by atoms with E-state index in [4.69, 9.17) is 9.47 Å². The van der Waals surface area contributed by atoms with E-state index in [0.29, 0.717) is 6.61 Å². The Labute approximate surface area is 194 Å². The van der Waals surface area contributed by atoms with Crippen molar-refractivity contribution in [1.29, 1.82) is 0 Å². The Bertz CT molecular complexity index is 1090. The van der Waals surface area contributed by atoms with Crippen LogP contribution in [-0.2, 0) is 22.6 Å². The number of carbonyl (C=O) groups excluding carboxylic acids is 1. The van der Waals surface area contributed by atoms with Crippen molar-refractivity contribution in [1.82, 2.24) is 5.32 Å². The van der Waals surface area contributed by atoms with Gasteiger partial charge in [-0.05, 0) is 55.2 Å². The van der Waals surface area contributed by atoms with Gasteiger partial charge < -0.3 is 19.9 Å². The predicted molar refractivity (Wildman–Crippen MR) is 127 cm³/mol. The van der Waals surface area contributed by atoms with Gasteiger partial charge in [0.2, 0.25) is 0 Å². The first-order chi connectivity index (χ1) is 15.7. The number of benzene rings is 3. The van der Waals surface area contributed by atoms with Gasteiger partial charge in [0, 0.05) is 6.42 Å². The van der Waals surface area contributed by atoms with E-state index in [9.17, 15) is 14.7 Å². The third-order valence-corrected chi connectivity index (χ3v) is 4.77. The molecule has 0 spiro atoms. The van der Waals surface area contributed by atoms with Crippen LogP contribution in [0.1, 0.15) is 31.9 Å². The summed E-state index contributed by atoms with van der Waals surface area (Å²) in [6.07, 6.45) is -0.624. The summed E-state index contributed by atoms with van der Waals surface area (Å²) in [6, 6.07) is 24.2. The Morgan fingerprint density at radius 1 is 0.879 bits per heavy atom. The van der Waals surface area contributed by atoms with Crippen molar-refractivity contribution in [2.45, 2.75) is 45.4 Å². The topological polar surface area (TPSA) is 84.9 Å². The average molecular weight is 448 g/mol. The second-order valence-corrected chi connectivity index (χ2v) is 8.74. The SMILES string of the molecule is CC(C)(C)OC(=O)NC(Cc1cccc(-c2cccc(OCc3ccccc3)c2)c1)C(=O)O. The first kappa shape index (κ1) is 23.9. The molecular formula is C27H29NO5. The van der Waals surface area contributed by atoms with Crippen LogP contribution in [0.5, 0.6) is 5.75 Å². The number of hydrogen-bond donors (Lipinski definition) is 2. The molecule has 3 aromatic carbocycles. The van der Waals surface area contributed by atoms with Gasteiger partial charge in [0.25, 0.3) is 0 Å². The van der Waals surface area contributed by atoms with Crippen molar-refractivity contribution in [2.24, 2.45) is 0 Å². The largest absolute Gasteiger partial charge is 0.489 e. The molecule has 0 saturated carbocycles. The number of rotatable bonds is 8. The molecule has 6 heteroatoms. The van der Waals surface area contributed by atoms with E-state index >= 15 is 0 Å². The molecule has 1 unspecified atom stereocenters. The van der Waals surface area contributed by atoms with Gasteiger partial charge in [-0.15, -0.1) is 0 Å². The first-order valence-electron chi connectivity index (χ1n) is 10.8. The minimum atomic E-state index is -1.12. The number of hydrogen-bond acceptors (Lipinski definition) is 4. The summed E-state index contributed by atoms with van der Waals surface area (Å²) < 4.78 is 11.1. The smallest absolute Gasteiger partial charge is 0.408 e. The van der Waals surface area contributed by atoms with E-state index in [0.717, 1.165) is 28.0 Å². The van der Waals surface area contributed by atoms with Gasteiger partial charge in [-0.1, -0.05) is 66.7 Å². The Morgan fingerprint density at radius 2 is 1.52 bits per heavy atom. The van der Waals surface area contributed by atoms with Crippen LogP contribution in [0.4, 0.5) is 4.79 Å². The van der Waals surface area contributed by atoms with Crippen LogP contribution in [0.2, 0.25) is 0 Å². The molecule has 0 radical (unpaired) electrons. The monoisotopic (exact) mass is 447 g/mol. The second-order valence-electron chi connectivity index (χ2n) is 8.74. The van der Waals surface area contributed by atoms with Crippen LogP contribution >= 0.6 is 0 Å². The molecule has 3 rings (SSSR count). The molecule has 172 valence electrons. The lowest BCUT2D eigenvalue weighted by atomic mass is 9.99. The zero-order valence-electron chi connectivity index (χ0n) is 19.1. The number of ether oxygens (including phenoxy) is 2. The van der Waals surface area contributed by atoms with Crippen molar-refractivity contribution in [3.05, 3.63) is 90.0 Å². The Balaban J connectivity index is 1.70. The molecule has 1 amide bonds.